The first-order valence-electron chi connectivity index (χ1n) is 15.5. The predicted molar refractivity (Wildman–Crippen MR) is 197 cm³/mol. The van der Waals surface area contributed by atoms with E-state index in [1.807, 2.05) is 18.2 Å². The van der Waals surface area contributed by atoms with Crippen LogP contribution in [0.2, 0.25) is 20.1 Å². The first-order valence-corrected chi connectivity index (χ1v) is 17.0. The third-order valence-corrected chi connectivity index (χ3v) is 9.91. The molecular weight excluding hydrogens is 691 g/mol. The normalized spacial score (nSPS) is 15.1. The molecule has 2 N–H and O–H groups in total. The highest BCUT2D eigenvalue weighted by Crippen LogP contribution is 2.32. The van der Waals surface area contributed by atoms with Crippen LogP contribution in [-0.2, 0) is 6.42 Å². The number of likely N-dealkylation sites (tertiary alicyclic amines) is 1. The Morgan fingerprint density at radius 2 is 1.60 bits per heavy atom. The lowest BCUT2D eigenvalue weighted by atomic mass is 9.89. The second-order valence-corrected chi connectivity index (χ2v) is 13.4. The SMILES string of the molecule is CCCCCC(N)N(CC(CCN1CCC(Cc2ccccc2)CC1)c1ccc(Cl)c(Cl)c1)C(=O)c1ccc(Cl)cc1Cl.Cl.Cl. The smallest absolute Gasteiger partial charge is 0.256 e. The highest BCUT2D eigenvalue weighted by Gasteiger charge is 2.29. The molecule has 0 aliphatic carbocycles. The van der Waals surface area contributed by atoms with Crippen LogP contribution in [0.5, 0.6) is 0 Å². The van der Waals surface area contributed by atoms with E-state index in [1.54, 1.807) is 23.1 Å². The van der Waals surface area contributed by atoms with Crippen LogP contribution in [0.3, 0.4) is 0 Å². The van der Waals surface area contributed by atoms with Crippen LogP contribution in [0.1, 0.15) is 79.3 Å². The van der Waals surface area contributed by atoms with Gasteiger partial charge in [0, 0.05) is 17.5 Å². The monoisotopic (exact) mass is 733 g/mol. The first kappa shape index (κ1) is 40.0. The fraction of sp³-hybridized carbons (Fsp3) is 0.457. The van der Waals surface area contributed by atoms with Gasteiger partial charge in [0.25, 0.3) is 5.91 Å². The second-order valence-electron chi connectivity index (χ2n) is 11.8. The van der Waals surface area contributed by atoms with Gasteiger partial charge < -0.3 is 15.5 Å². The molecule has 4 rings (SSSR count). The van der Waals surface area contributed by atoms with E-state index in [1.165, 1.54) is 18.4 Å². The predicted octanol–water partition coefficient (Wildman–Crippen LogP) is 10.6. The number of piperidine rings is 1. The highest BCUT2D eigenvalue weighted by atomic mass is 35.5. The van der Waals surface area contributed by atoms with Gasteiger partial charge in [-0.1, -0.05) is 109 Å². The summed E-state index contributed by atoms with van der Waals surface area (Å²) < 4.78 is 0. The summed E-state index contributed by atoms with van der Waals surface area (Å²) in [6.45, 7) is 5.69. The lowest BCUT2D eigenvalue weighted by Crippen LogP contribution is -2.48. The minimum atomic E-state index is -0.440. The maximum Gasteiger partial charge on any atom is 0.256 e. The van der Waals surface area contributed by atoms with Gasteiger partial charge >= 0.3 is 0 Å². The number of hydrogen-bond donors (Lipinski definition) is 1. The summed E-state index contributed by atoms with van der Waals surface area (Å²) in [4.78, 5) is 18.3. The van der Waals surface area contributed by atoms with Gasteiger partial charge in [-0.25, -0.2) is 0 Å². The third kappa shape index (κ3) is 12.1. The van der Waals surface area contributed by atoms with Crippen LogP contribution in [0.4, 0.5) is 0 Å². The number of halogens is 6. The van der Waals surface area contributed by atoms with Crippen LogP contribution >= 0.6 is 71.2 Å². The number of carbonyl (C=O) groups excluding carboxylic acids is 1. The number of carbonyl (C=O) groups is 1. The average molecular weight is 736 g/mol. The van der Waals surface area contributed by atoms with Crippen molar-refractivity contribution in [3.63, 3.8) is 0 Å². The number of rotatable bonds is 14. The summed E-state index contributed by atoms with van der Waals surface area (Å²) in [6, 6.07) is 21.6. The quantitative estimate of drug-likeness (QED) is 0.132. The zero-order valence-electron chi connectivity index (χ0n) is 25.8. The van der Waals surface area contributed by atoms with Gasteiger partial charge in [-0.15, -0.1) is 24.8 Å². The van der Waals surface area contributed by atoms with Crippen molar-refractivity contribution in [1.82, 2.24) is 9.80 Å². The Morgan fingerprint density at radius 1 is 0.889 bits per heavy atom. The van der Waals surface area contributed by atoms with E-state index >= 15 is 0 Å². The lowest BCUT2D eigenvalue weighted by molar-refractivity contribution is 0.0648. The van der Waals surface area contributed by atoms with E-state index in [4.69, 9.17) is 52.1 Å². The third-order valence-electron chi connectivity index (χ3n) is 8.63. The second kappa shape index (κ2) is 20.2. The largest absolute Gasteiger partial charge is 0.323 e. The van der Waals surface area contributed by atoms with Crippen molar-refractivity contribution in [2.24, 2.45) is 11.7 Å². The number of benzene rings is 3. The van der Waals surface area contributed by atoms with Crippen LogP contribution < -0.4 is 5.73 Å². The molecule has 1 amide bonds. The molecule has 0 spiro atoms. The zero-order valence-corrected chi connectivity index (χ0v) is 30.4. The molecule has 1 heterocycles. The van der Waals surface area contributed by atoms with Crippen LogP contribution in [0.25, 0.3) is 0 Å². The fourth-order valence-corrected chi connectivity index (χ4v) is 6.81. The molecule has 2 unspecified atom stereocenters. The zero-order chi connectivity index (χ0) is 30.8. The first-order chi connectivity index (χ1) is 20.7. The van der Waals surface area contributed by atoms with Gasteiger partial charge in [0.2, 0.25) is 0 Å². The molecule has 1 saturated heterocycles. The molecule has 0 bridgehead atoms. The fourth-order valence-electron chi connectivity index (χ4n) is 6.01. The molecular formula is C35H45Cl6N3O. The lowest BCUT2D eigenvalue weighted by Gasteiger charge is -2.36. The summed E-state index contributed by atoms with van der Waals surface area (Å²) in [5.41, 5.74) is 9.63. The Bertz CT molecular complexity index is 1320. The van der Waals surface area contributed by atoms with Crippen molar-refractivity contribution in [1.29, 1.82) is 0 Å². The molecule has 4 nitrogen and oxygen atoms in total. The van der Waals surface area contributed by atoms with E-state index in [0.717, 1.165) is 57.3 Å². The molecule has 1 aliphatic heterocycles. The highest BCUT2D eigenvalue weighted by molar-refractivity contribution is 6.42. The Balaban J connectivity index is 0.00000353. The maximum absolute atomic E-state index is 14.0. The van der Waals surface area contributed by atoms with Crippen molar-refractivity contribution in [2.45, 2.75) is 70.4 Å². The molecule has 0 saturated carbocycles. The topological polar surface area (TPSA) is 49.6 Å². The molecule has 10 heteroatoms. The summed E-state index contributed by atoms with van der Waals surface area (Å²) >= 11 is 25.4. The molecule has 45 heavy (non-hydrogen) atoms. The minimum absolute atomic E-state index is 0. The molecule has 1 aliphatic rings. The number of hydrogen-bond acceptors (Lipinski definition) is 3. The molecule has 0 radical (unpaired) electrons. The van der Waals surface area contributed by atoms with Crippen molar-refractivity contribution >= 4 is 77.1 Å². The molecule has 0 aromatic heterocycles. The van der Waals surface area contributed by atoms with Crippen LogP contribution in [-0.4, -0.2) is 48.1 Å². The standard InChI is InChI=1S/C35H43Cl4N3O.2ClH/c1-2-3-5-10-34(40)42(35(43)30-13-12-29(36)23-32(30)38)24-28(27-11-14-31(37)33(39)22-27)17-20-41-18-15-26(16-19-41)21-25-8-6-4-7-9-25;;/h4,6-9,11-14,22-23,26,28,34H,2-3,5,10,15-21,24,40H2,1H3;2*1H. The van der Waals surface area contributed by atoms with Gasteiger partial charge in [-0.2, -0.15) is 0 Å². The van der Waals surface area contributed by atoms with Crippen LogP contribution in [0.15, 0.2) is 66.7 Å². The maximum atomic E-state index is 14.0. The summed E-state index contributed by atoms with van der Waals surface area (Å²) in [6.07, 6.45) is 7.75. The van der Waals surface area contributed by atoms with Gasteiger partial charge in [-0.05, 0) is 99.1 Å². The number of unbranched alkanes of at least 4 members (excludes halogenated alkanes) is 2. The van der Waals surface area contributed by atoms with Crippen molar-refractivity contribution < 1.29 is 4.79 Å². The molecule has 3 aromatic rings. The van der Waals surface area contributed by atoms with Gasteiger partial charge in [-0.3, -0.25) is 4.79 Å². The van der Waals surface area contributed by atoms with E-state index in [-0.39, 0.29) is 36.6 Å². The van der Waals surface area contributed by atoms with Crippen molar-refractivity contribution in [3.05, 3.63) is 104 Å². The van der Waals surface area contributed by atoms with Crippen LogP contribution in [0, 0.1) is 5.92 Å². The number of amides is 1. The Labute approximate surface area is 301 Å². The summed E-state index contributed by atoms with van der Waals surface area (Å²) in [7, 11) is 0. The Morgan fingerprint density at radius 3 is 2.24 bits per heavy atom. The van der Waals surface area contributed by atoms with Gasteiger partial charge in [0.05, 0.1) is 26.8 Å². The van der Waals surface area contributed by atoms with Gasteiger partial charge in [0.15, 0.2) is 0 Å². The molecule has 1 fully saturated rings. The van der Waals surface area contributed by atoms with Crippen molar-refractivity contribution in [3.8, 4) is 0 Å². The van der Waals surface area contributed by atoms with Crippen molar-refractivity contribution in [2.75, 3.05) is 26.2 Å². The molecule has 3 aromatic carbocycles. The Hall–Kier alpha value is -1.21. The molecule has 248 valence electrons. The summed E-state index contributed by atoms with van der Waals surface area (Å²) in [5.74, 6) is 0.546. The Kier molecular flexibility index (Phi) is 18.0. The number of nitrogens with zero attached hydrogens (tertiary/aromatic N) is 2. The van der Waals surface area contributed by atoms with Gasteiger partial charge in [0.1, 0.15) is 0 Å². The average Bonchev–Trinajstić information content (AvgIpc) is 3.00. The van der Waals surface area contributed by atoms with E-state index in [9.17, 15) is 4.79 Å². The van der Waals surface area contributed by atoms with E-state index < -0.39 is 6.17 Å². The minimum Gasteiger partial charge on any atom is -0.323 e. The summed E-state index contributed by atoms with van der Waals surface area (Å²) in [5, 5.41) is 1.84. The molecule has 2 atom stereocenters. The van der Waals surface area contributed by atoms with E-state index in [0.29, 0.717) is 44.5 Å². The number of nitrogens with two attached hydrogens (primary N) is 1. The van der Waals surface area contributed by atoms with E-state index in [2.05, 4.69) is 42.2 Å².